The van der Waals surface area contributed by atoms with Gasteiger partial charge in [-0.25, -0.2) is 0 Å². The maximum atomic E-state index is 11.8. The van der Waals surface area contributed by atoms with Crippen molar-refractivity contribution < 1.29 is 9.53 Å². The van der Waals surface area contributed by atoms with Crippen LogP contribution in [0.1, 0.15) is 45.4 Å². The van der Waals surface area contributed by atoms with E-state index in [2.05, 4.69) is 6.92 Å². The maximum Gasteiger partial charge on any atom is 0.311 e. The monoisotopic (exact) mass is 196 g/mol. The minimum atomic E-state index is -0.102. The molecule has 2 bridgehead atoms. The van der Waals surface area contributed by atoms with Gasteiger partial charge in [0.05, 0.1) is 12.5 Å². The first-order valence-electron chi connectivity index (χ1n) is 5.75. The summed E-state index contributed by atoms with van der Waals surface area (Å²) in [4.78, 5) is 11.8. The van der Waals surface area contributed by atoms with Gasteiger partial charge in [0.25, 0.3) is 0 Å². The summed E-state index contributed by atoms with van der Waals surface area (Å²) < 4.78 is 4.98. The van der Waals surface area contributed by atoms with E-state index in [1.807, 2.05) is 0 Å². The normalized spacial score (nSPS) is 41.9. The number of carbonyl (C=O) groups is 1. The van der Waals surface area contributed by atoms with Crippen LogP contribution in [0.2, 0.25) is 0 Å². The van der Waals surface area contributed by atoms with Gasteiger partial charge >= 0.3 is 5.97 Å². The Kier molecular flexibility index (Phi) is 2.54. The number of fused-ring (bicyclic) bond motifs is 2. The highest BCUT2D eigenvalue weighted by Crippen LogP contribution is 2.51. The Bertz CT molecular complexity index is 232. The van der Waals surface area contributed by atoms with Gasteiger partial charge in [-0.15, -0.1) is 0 Å². The largest absolute Gasteiger partial charge is 0.469 e. The molecule has 0 amide bonds. The lowest BCUT2D eigenvalue weighted by Gasteiger charge is -2.45. The van der Waals surface area contributed by atoms with Crippen LogP contribution >= 0.6 is 0 Å². The van der Waals surface area contributed by atoms with Gasteiger partial charge in [-0.05, 0) is 37.5 Å². The van der Waals surface area contributed by atoms with Crippen LogP contribution in [-0.2, 0) is 9.53 Å². The zero-order valence-corrected chi connectivity index (χ0v) is 9.21. The highest BCUT2D eigenvalue weighted by atomic mass is 16.5. The summed E-state index contributed by atoms with van der Waals surface area (Å²) in [5.74, 6) is 1.54. The van der Waals surface area contributed by atoms with E-state index < -0.39 is 0 Å². The molecule has 2 saturated carbocycles. The molecule has 0 heterocycles. The number of hydrogen-bond acceptors (Lipinski definition) is 2. The summed E-state index contributed by atoms with van der Waals surface area (Å²) in [5, 5.41) is 0. The average molecular weight is 196 g/mol. The molecule has 2 nitrogen and oxygen atoms in total. The lowest BCUT2D eigenvalue weighted by molar-refractivity contribution is -0.160. The van der Waals surface area contributed by atoms with Crippen molar-refractivity contribution in [3.63, 3.8) is 0 Å². The molecule has 2 rings (SSSR count). The Labute approximate surface area is 86.0 Å². The molecule has 0 aromatic carbocycles. The third kappa shape index (κ3) is 1.55. The smallest absolute Gasteiger partial charge is 0.311 e. The molecule has 3 unspecified atom stereocenters. The van der Waals surface area contributed by atoms with E-state index in [0.29, 0.717) is 5.92 Å². The van der Waals surface area contributed by atoms with Crippen LogP contribution in [0, 0.1) is 17.3 Å². The second-order valence-corrected chi connectivity index (χ2v) is 5.28. The topological polar surface area (TPSA) is 26.3 Å². The SMILES string of the molecule is COC(=O)C12CCCC(CC(C)C1)C2. The first kappa shape index (κ1) is 10.0. The zero-order valence-electron chi connectivity index (χ0n) is 9.21. The van der Waals surface area contributed by atoms with Crippen LogP contribution in [0.15, 0.2) is 0 Å². The van der Waals surface area contributed by atoms with Crippen molar-refractivity contribution in [3.05, 3.63) is 0 Å². The van der Waals surface area contributed by atoms with Crippen molar-refractivity contribution in [3.8, 4) is 0 Å². The van der Waals surface area contributed by atoms with Gasteiger partial charge in [0.15, 0.2) is 0 Å². The molecule has 3 atom stereocenters. The minimum absolute atomic E-state index is 0.0498. The predicted octanol–water partition coefficient (Wildman–Crippen LogP) is 2.77. The van der Waals surface area contributed by atoms with E-state index in [1.165, 1.54) is 26.4 Å². The molecule has 2 aliphatic rings. The molecule has 80 valence electrons. The highest BCUT2D eigenvalue weighted by molar-refractivity contribution is 5.77. The van der Waals surface area contributed by atoms with Crippen molar-refractivity contribution in [2.24, 2.45) is 17.3 Å². The molecule has 0 aromatic rings. The van der Waals surface area contributed by atoms with E-state index in [0.717, 1.165) is 25.2 Å². The maximum absolute atomic E-state index is 11.8. The third-order valence-electron chi connectivity index (χ3n) is 4.04. The van der Waals surface area contributed by atoms with Crippen LogP contribution in [0.3, 0.4) is 0 Å². The molecule has 0 aliphatic heterocycles. The summed E-state index contributed by atoms with van der Waals surface area (Å²) >= 11 is 0. The van der Waals surface area contributed by atoms with Gasteiger partial charge in [-0.2, -0.15) is 0 Å². The molecule has 0 aromatic heterocycles. The van der Waals surface area contributed by atoms with Crippen LogP contribution in [-0.4, -0.2) is 13.1 Å². The number of esters is 1. The minimum Gasteiger partial charge on any atom is -0.469 e. The van der Waals surface area contributed by atoms with Crippen molar-refractivity contribution in [2.45, 2.75) is 45.4 Å². The predicted molar refractivity (Wildman–Crippen MR) is 54.8 cm³/mol. The fourth-order valence-corrected chi connectivity index (χ4v) is 3.68. The fourth-order valence-electron chi connectivity index (χ4n) is 3.68. The summed E-state index contributed by atoms with van der Waals surface area (Å²) in [7, 11) is 1.53. The van der Waals surface area contributed by atoms with Crippen molar-refractivity contribution >= 4 is 5.97 Å². The second-order valence-electron chi connectivity index (χ2n) is 5.28. The van der Waals surface area contributed by atoms with Crippen LogP contribution in [0.4, 0.5) is 0 Å². The second kappa shape index (κ2) is 3.56. The molecule has 2 aliphatic carbocycles. The Balaban J connectivity index is 2.18. The van der Waals surface area contributed by atoms with Gasteiger partial charge in [0, 0.05) is 0 Å². The standard InChI is InChI=1S/C12H20O2/c1-9-6-10-4-3-5-12(7-9,8-10)11(13)14-2/h9-10H,3-8H2,1-2H3. The molecule has 0 saturated heterocycles. The molecule has 0 spiro atoms. The first-order valence-corrected chi connectivity index (χ1v) is 5.75. The van der Waals surface area contributed by atoms with E-state index in [-0.39, 0.29) is 11.4 Å². The average Bonchev–Trinajstić information content (AvgIpc) is 2.15. The van der Waals surface area contributed by atoms with Gasteiger partial charge in [-0.3, -0.25) is 4.79 Å². The molecule has 0 radical (unpaired) electrons. The van der Waals surface area contributed by atoms with E-state index in [1.54, 1.807) is 0 Å². The highest BCUT2D eigenvalue weighted by Gasteiger charge is 2.47. The summed E-state index contributed by atoms with van der Waals surface area (Å²) in [5.41, 5.74) is -0.102. The Hall–Kier alpha value is -0.530. The van der Waals surface area contributed by atoms with E-state index in [4.69, 9.17) is 4.74 Å². The summed E-state index contributed by atoms with van der Waals surface area (Å²) in [6.45, 7) is 2.27. The third-order valence-corrected chi connectivity index (χ3v) is 4.04. The number of carbonyl (C=O) groups excluding carboxylic acids is 1. The number of ether oxygens (including phenoxy) is 1. The first-order chi connectivity index (χ1) is 6.66. The van der Waals surface area contributed by atoms with Gasteiger partial charge < -0.3 is 4.74 Å². The molecule has 2 fully saturated rings. The number of hydrogen-bond donors (Lipinski definition) is 0. The Morgan fingerprint density at radius 3 is 2.93 bits per heavy atom. The fraction of sp³-hybridized carbons (Fsp3) is 0.917. The Morgan fingerprint density at radius 2 is 2.21 bits per heavy atom. The van der Waals surface area contributed by atoms with Gasteiger partial charge in [0.2, 0.25) is 0 Å². The van der Waals surface area contributed by atoms with E-state index >= 15 is 0 Å². The van der Waals surface area contributed by atoms with Crippen LogP contribution in [0.25, 0.3) is 0 Å². The molecule has 0 N–H and O–H groups in total. The van der Waals surface area contributed by atoms with Crippen molar-refractivity contribution in [1.29, 1.82) is 0 Å². The zero-order chi connectivity index (χ0) is 10.2. The van der Waals surface area contributed by atoms with Crippen LogP contribution < -0.4 is 0 Å². The molecule has 14 heavy (non-hydrogen) atoms. The summed E-state index contributed by atoms with van der Waals surface area (Å²) in [6, 6.07) is 0. The van der Waals surface area contributed by atoms with Gasteiger partial charge in [0.1, 0.15) is 0 Å². The summed E-state index contributed by atoms with van der Waals surface area (Å²) in [6.07, 6.45) is 7.05. The van der Waals surface area contributed by atoms with E-state index in [9.17, 15) is 4.79 Å². The molecular weight excluding hydrogens is 176 g/mol. The van der Waals surface area contributed by atoms with Crippen molar-refractivity contribution in [1.82, 2.24) is 0 Å². The number of rotatable bonds is 1. The van der Waals surface area contributed by atoms with Crippen molar-refractivity contribution in [2.75, 3.05) is 7.11 Å². The lowest BCUT2D eigenvalue weighted by atomic mass is 9.59. The molecule has 2 heteroatoms. The van der Waals surface area contributed by atoms with Gasteiger partial charge in [-0.1, -0.05) is 19.8 Å². The van der Waals surface area contributed by atoms with Crippen LogP contribution in [0.5, 0.6) is 0 Å². The quantitative estimate of drug-likeness (QED) is 0.603. The number of methoxy groups -OCH3 is 1. The lowest BCUT2D eigenvalue weighted by Crippen LogP contribution is -2.42. The molecular formula is C12H20O2. The Morgan fingerprint density at radius 1 is 1.43 bits per heavy atom.